The van der Waals surface area contributed by atoms with Crippen molar-refractivity contribution in [3.8, 4) is 17.2 Å². The van der Waals surface area contributed by atoms with E-state index in [2.05, 4.69) is 21.2 Å². The van der Waals surface area contributed by atoms with Crippen molar-refractivity contribution in [1.29, 1.82) is 0 Å². The predicted molar refractivity (Wildman–Crippen MR) is 128 cm³/mol. The molecule has 0 radical (unpaired) electrons. The summed E-state index contributed by atoms with van der Waals surface area (Å²) in [7, 11) is 0. The van der Waals surface area contributed by atoms with Crippen molar-refractivity contribution in [2.45, 2.75) is 27.2 Å². The van der Waals surface area contributed by atoms with Crippen molar-refractivity contribution in [3.63, 3.8) is 0 Å². The van der Waals surface area contributed by atoms with Gasteiger partial charge in [-0.3, -0.25) is 14.9 Å². The van der Waals surface area contributed by atoms with E-state index in [-0.39, 0.29) is 5.57 Å². The first kappa shape index (κ1) is 24.3. The van der Waals surface area contributed by atoms with E-state index >= 15 is 0 Å². The highest BCUT2D eigenvalue weighted by atomic mass is 79.9. The molecule has 1 saturated heterocycles. The molecule has 2 aromatic rings. The molecule has 9 heteroatoms. The Labute approximate surface area is 200 Å². The van der Waals surface area contributed by atoms with Crippen molar-refractivity contribution in [2.24, 2.45) is 0 Å². The molecule has 0 unspecified atom stereocenters. The van der Waals surface area contributed by atoms with Crippen molar-refractivity contribution in [2.75, 3.05) is 24.7 Å². The number of nitrogens with one attached hydrogen (secondary N) is 1. The van der Waals surface area contributed by atoms with Crippen LogP contribution in [-0.4, -0.2) is 37.7 Å². The second-order valence-corrected chi connectivity index (χ2v) is 7.85. The molecule has 0 atom stereocenters. The number of anilines is 1. The fourth-order valence-corrected chi connectivity index (χ4v) is 3.77. The largest absolute Gasteiger partial charge is 0.494 e. The molecule has 0 spiro atoms. The number of hydrogen-bond donors (Lipinski definition) is 1. The topological polar surface area (TPSA) is 94.2 Å². The summed E-state index contributed by atoms with van der Waals surface area (Å²) in [5, 5.41) is 2.22. The smallest absolute Gasteiger partial charge is 0.335 e. The van der Waals surface area contributed by atoms with Crippen molar-refractivity contribution in [3.05, 3.63) is 52.0 Å². The Balaban J connectivity index is 1.97. The number of barbiturate groups is 1. The van der Waals surface area contributed by atoms with Gasteiger partial charge in [-0.1, -0.05) is 6.92 Å². The standard InChI is InChI=1S/C24H25BrN2O6/c1-4-11-33-21-19(25)13-15(14-20(21)32-6-3)12-18-22(28)26-24(30)27(23(18)29)16-7-9-17(10-8-16)31-5-2/h7-10,12-14H,4-6,11H2,1-3H3,(H,26,28,30)/b18-12-. The Morgan fingerprint density at radius 3 is 2.30 bits per heavy atom. The van der Waals surface area contributed by atoms with Gasteiger partial charge in [0.1, 0.15) is 11.3 Å². The molecule has 33 heavy (non-hydrogen) atoms. The summed E-state index contributed by atoms with van der Waals surface area (Å²) >= 11 is 3.47. The first-order valence-electron chi connectivity index (χ1n) is 10.6. The molecule has 1 heterocycles. The third-order valence-corrected chi connectivity index (χ3v) is 5.19. The zero-order valence-corrected chi connectivity index (χ0v) is 20.2. The minimum absolute atomic E-state index is 0.181. The van der Waals surface area contributed by atoms with Gasteiger partial charge < -0.3 is 14.2 Å². The Hall–Kier alpha value is -3.33. The highest BCUT2D eigenvalue weighted by molar-refractivity contribution is 9.10. The molecule has 0 aromatic heterocycles. The SMILES string of the molecule is CCCOc1c(Br)cc(/C=C2/C(=O)NC(=O)N(c3ccc(OCC)cc3)C2=O)cc1OCC. The monoisotopic (exact) mass is 516 g/mol. The average Bonchev–Trinajstić information content (AvgIpc) is 2.77. The zero-order valence-electron chi connectivity index (χ0n) is 18.6. The number of ether oxygens (including phenoxy) is 3. The third-order valence-electron chi connectivity index (χ3n) is 4.60. The molecule has 8 nitrogen and oxygen atoms in total. The van der Waals surface area contributed by atoms with Crippen LogP contribution in [0.3, 0.4) is 0 Å². The number of urea groups is 1. The van der Waals surface area contributed by atoms with Crippen LogP contribution in [0.1, 0.15) is 32.8 Å². The number of halogens is 1. The maximum Gasteiger partial charge on any atom is 0.335 e. The second-order valence-electron chi connectivity index (χ2n) is 7.00. The quantitative estimate of drug-likeness (QED) is 0.383. The molecule has 0 aliphatic carbocycles. The number of benzene rings is 2. The van der Waals surface area contributed by atoms with Crippen LogP contribution in [-0.2, 0) is 9.59 Å². The summed E-state index contributed by atoms with van der Waals surface area (Å²) in [4.78, 5) is 39.0. The summed E-state index contributed by atoms with van der Waals surface area (Å²) in [5.74, 6) is 0.138. The number of amides is 4. The van der Waals surface area contributed by atoms with Gasteiger partial charge in [0, 0.05) is 0 Å². The third kappa shape index (κ3) is 5.54. The second kappa shape index (κ2) is 11.0. The molecule has 174 valence electrons. The highest BCUT2D eigenvalue weighted by Gasteiger charge is 2.36. The molecule has 1 aliphatic rings. The molecule has 4 amide bonds. The number of rotatable bonds is 9. The lowest BCUT2D eigenvalue weighted by molar-refractivity contribution is -0.122. The molecular weight excluding hydrogens is 492 g/mol. The average molecular weight is 517 g/mol. The first-order chi connectivity index (χ1) is 15.9. The van der Waals surface area contributed by atoms with Gasteiger partial charge >= 0.3 is 6.03 Å². The Morgan fingerprint density at radius 2 is 1.67 bits per heavy atom. The van der Waals surface area contributed by atoms with E-state index < -0.39 is 17.8 Å². The van der Waals surface area contributed by atoms with Crippen LogP contribution in [0.2, 0.25) is 0 Å². The Kier molecular flexibility index (Phi) is 8.11. The van der Waals surface area contributed by atoms with E-state index in [4.69, 9.17) is 14.2 Å². The molecular formula is C24H25BrN2O6. The first-order valence-corrected chi connectivity index (χ1v) is 11.4. The van der Waals surface area contributed by atoms with Gasteiger partial charge in [-0.15, -0.1) is 0 Å². The molecule has 2 aromatic carbocycles. The normalized spacial score (nSPS) is 15.0. The van der Waals surface area contributed by atoms with E-state index in [1.807, 2.05) is 20.8 Å². The fourth-order valence-electron chi connectivity index (χ4n) is 3.20. The van der Waals surface area contributed by atoms with Gasteiger partial charge in [0.25, 0.3) is 11.8 Å². The zero-order chi connectivity index (χ0) is 24.0. The highest BCUT2D eigenvalue weighted by Crippen LogP contribution is 2.38. The maximum atomic E-state index is 13.1. The molecule has 3 rings (SSSR count). The lowest BCUT2D eigenvalue weighted by Gasteiger charge is -2.26. The van der Waals surface area contributed by atoms with Gasteiger partial charge in [0.05, 0.1) is 30.0 Å². The number of carbonyl (C=O) groups excluding carboxylic acids is 3. The van der Waals surface area contributed by atoms with E-state index in [0.717, 1.165) is 11.3 Å². The van der Waals surface area contributed by atoms with Crippen LogP contribution in [0.5, 0.6) is 17.2 Å². The van der Waals surface area contributed by atoms with E-state index in [0.29, 0.717) is 52.8 Å². The minimum atomic E-state index is -0.814. The van der Waals surface area contributed by atoms with E-state index in [9.17, 15) is 14.4 Å². The van der Waals surface area contributed by atoms with Gasteiger partial charge in [0.15, 0.2) is 11.5 Å². The fraction of sp³-hybridized carbons (Fsp3) is 0.292. The molecule has 1 aliphatic heterocycles. The van der Waals surface area contributed by atoms with Crippen molar-refractivity contribution >= 4 is 45.5 Å². The lowest BCUT2D eigenvalue weighted by Crippen LogP contribution is -2.54. The van der Waals surface area contributed by atoms with Crippen LogP contribution < -0.4 is 24.4 Å². The number of hydrogen-bond acceptors (Lipinski definition) is 6. The van der Waals surface area contributed by atoms with E-state index in [1.54, 1.807) is 36.4 Å². The summed E-state index contributed by atoms with van der Waals surface area (Å²) < 4.78 is 17.5. The number of carbonyl (C=O) groups is 3. The van der Waals surface area contributed by atoms with Crippen molar-refractivity contribution in [1.82, 2.24) is 5.32 Å². The van der Waals surface area contributed by atoms with Crippen molar-refractivity contribution < 1.29 is 28.6 Å². The number of nitrogens with zero attached hydrogens (tertiary/aromatic N) is 1. The Morgan fingerprint density at radius 1 is 0.970 bits per heavy atom. The molecule has 1 fully saturated rings. The van der Waals surface area contributed by atoms with Crippen LogP contribution in [0.4, 0.5) is 10.5 Å². The minimum Gasteiger partial charge on any atom is -0.494 e. The molecule has 0 bridgehead atoms. The van der Waals surface area contributed by atoms with Gasteiger partial charge in [-0.05, 0) is 84.2 Å². The molecule has 1 N–H and O–H groups in total. The molecule has 0 saturated carbocycles. The van der Waals surface area contributed by atoms with E-state index in [1.165, 1.54) is 6.08 Å². The van der Waals surface area contributed by atoms with Gasteiger partial charge in [-0.2, -0.15) is 0 Å². The van der Waals surface area contributed by atoms with Crippen LogP contribution >= 0.6 is 15.9 Å². The summed E-state index contributed by atoms with van der Waals surface area (Å²) in [6.45, 7) is 7.12. The maximum absolute atomic E-state index is 13.1. The number of imide groups is 2. The summed E-state index contributed by atoms with van der Waals surface area (Å²) in [6.07, 6.45) is 2.25. The lowest BCUT2D eigenvalue weighted by atomic mass is 10.1. The summed E-state index contributed by atoms with van der Waals surface area (Å²) in [5.41, 5.74) is 0.674. The van der Waals surface area contributed by atoms with Crippen LogP contribution in [0.15, 0.2) is 46.4 Å². The van der Waals surface area contributed by atoms with Crippen LogP contribution in [0.25, 0.3) is 6.08 Å². The Bertz CT molecular complexity index is 1080. The predicted octanol–water partition coefficient (Wildman–Crippen LogP) is 4.70. The van der Waals surface area contributed by atoms with Gasteiger partial charge in [0.2, 0.25) is 0 Å². The van der Waals surface area contributed by atoms with Crippen LogP contribution in [0, 0.1) is 0 Å². The summed E-state index contributed by atoms with van der Waals surface area (Å²) in [6, 6.07) is 9.06. The van der Waals surface area contributed by atoms with Gasteiger partial charge in [-0.25, -0.2) is 9.69 Å².